The van der Waals surface area contributed by atoms with Crippen LogP contribution in [0.15, 0.2) is 40.9 Å². The van der Waals surface area contributed by atoms with Crippen molar-refractivity contribution in [3.05, 3.63) is 68.7 Å². The molecule has 18 heavy (non-hydrogen) atoms. The molecule has 92 valence electrons. The highest BCUT2D eigenvalue weighted by Gasteiger charge is 2.11. The molecule has 2 rings (SSSR count). The first-order valence-electron chi connectivity index (χ1n) is 5.87. The zero-order valence-electron chi connectivity index (χ0n) is 10.8. The summed E-state index contributed by atoms with van der Waals surface area (Å²) in [5, 5.41) is 0. The molecule has 0 unspecified atom stereocenters. The van der Waals surface area contributed by atoms with Crippen LogP contribution in [0.2, 0.25) is 0 Å². The van der Waals surface area contributed by atoms with E-state index in [4.69, 9.17) is 0 Å². The zero-order chi connectivity index (χ0) is 13.3. The van der Waals surface area contributed by atoms with Crippen molar-refractivity contribution in [2.75, 3.05) is 0 Å². The Labute approximate surface area is 116 Å². The fourth-order valence-electron chi connectivity index (χ4n) is 2.03. The first-order valence-corrected chi connectivity index (χ1v) is 6.66. The summed E-state index contributed by atoms with van der Waals surface area (Å²) in [6.07, 6.45) is 0. The van der Waals surface area contributed by atoms with E-state index in [0.29, 0.717) is 0 Å². The molecule has 1 nitrogen and oxygen atoms in total. The maximum Gasteiger partial charge on any atom is 0.193 e. The Morgan fingerprint density at radius 3 is 2.11 bits per heavy atom. The van der Waals surface area contributed by atoms with E-state index in [2.05, 4.69) is 15.9 Å². The van der Waals surface area contributed by atoms with Gasteiger partial charge in [0.05, 0.1) is 0 Å². The molecule has 0 aliphatic rings. The van der Waals surface area contributed by atoms with Gasteiger partial charge in [-0.05, 0) is 50.1 Å². The van der Waals surface area contributed by atoms with Gasteiger partial charge in [0.1, 0.15) is 0 Å². The fourth-order valence-corrected chi connectivity index (χ4v) is 2.26. The van der Waals surface area contributed by atoms with Crippen LogP contribution in [0, 0.1) is 20.8 Å². The predicted molar refractivity (Wildman–Crippen MR) is 78.2 cm³/mol. The highest BCUT2D eigenvalue weighted by atomic mass is 79.9. The van der Waals surface area contributed by atoms with E-state index in [1.807, 2.05) is 57.2 Å². The molecule has 0 spiro atoms. The number of hydrogen-bond donors (Lipinski definition) is 0. The van der Waals surface area contributed by atoms with E-state index in [9.17, 15) is 4.79 Å². The molecular formula is C16H15BrO. The Morgan fingerprint density at radius 1 is 0.944 bits per heavy atom. The largest absolute Gasteiger partial charge is 0.289 e. The maximum absolute atomic E-state index is 12.4. The minimum absolute atomic E-state index is 0.0809. The monoisotopic (exact) mass is 302 g/mol. The van der Waals surface area contributed by atoms with Crippen LogP contribution < -0.4 is 0 Å². The van der Waals surface area contributed by atoms with Gasteiger partial charge in [-0.15, -0.1) is 0 Å². The van der Waals surface area contributed by atoms with E-state index in [1.54, 1.807) is 0 Å². The standard InChI is InChI=1S/C16H15BrO/c1-10-5-4-6-13(7-10)16(18)14-8-11(2)15(17)12(3)9-14/h4-9H,1-3H3. The summed E-state index contributed by atoms with van der Waals surface area (Å²) in [5.41, 5.74) is 4.78. The van der Waals surface area contributed by atoms with Crippen LogP contribution in [0.1, 0.15) is 32.6 Å². The Kier molecular flexibility index (Phi) is 3.67. The summed E-state index contributed by atoms with van der Waals surface area (Å²) in [5.74, 6) is 0.0809. The van der Waals surface area contributed by atoms with Crippen molar-refractivity contribution in [2.45, 2.75) is 20.8 Å². The van der Waals surface area contributed by atoms with Crippen LogP contribution >= 0.6 is 15.9 Å². The lowest BCUT2D eigenvalue weighted by Crippen LogP contribution is -2.03. The van der Waals surface area contributed by atoms with Gasteiger partial charge in [-0.1, -0.05) is 39.7 Å². The summed E-state index contributed by atoms with van der Waals surface area (Å²) in [6.45, 7) is 6.00. The van der Waals surface area contributed by atoms with Crippen LogP contribution in [0.4, 0.5) is 0 Å². The molecule has 2 aromatic carbocycles. The van der Waals surface area contributed by atoms with Crippen LogP contribution in [0.5, 0.6) is 0 Å². The van der Waals surface area contributed by atoms with Crippen molar-refractivity contribution in [3.8, 4) is 0 Å². The first-order chi connectivity index (χ1) is 8.49. The Hall–Kier alpha value is -1.41. The Balaban J connectivity index is 2.47. The second-order valence-electron chi connectivity index (χ2n) is 4.62. The minimum Gasteiger partial charge on any atom is -0.289 e. The van der Waals surface area contributed by atoms with Gasteiger partial charge in [0.25, 0.3) is 0 Å². The molecule has 0 saturated heterocycles. The number of halogens is 1. The number of aryl methyl sites for hydroxylation is 3. The fraction of sp³-hybridized carbons (Fsp3) is 0.188. The minimum atomic E-state index is 0.0809. The van der Waals surface area contributed by atoms with Crippen molar-refractivity contribution in [1.82, 2.24) is 0 Å². The highest BCUT2D eigenvalue weighted by molar-refractivity contribution is 9.10. The molecular weight excluding hydrogens is 288 g/mol. The number of benzene rings is 2. The third-order valence-corrected chi connectivity index (χ3v) is 4.23. The van der Waals surface area contributed by atoms with Gasteiger partial charge in [0.2, 0.25) is 0 Å². The summed E-state index contributed by atoms with van der Waals surface area (Å²) in [6, 6.07) is 11.6. The lowest BCUT2D eigenvalue weighted by Gasteiger charge is -2.08. The molecule has 2 heteroatoms. The molecule has 0 fully saturated rings. The van der Waals surface area contributed by atoms with Gasteiger partial charge in [0, 0.05) is 15.6 Å². The van der Waals surface area contributed by atoms with Crippen molar-refractivity contribution < 1.29 is 4.79 Å². The van der Waals surface area contributed by atoms with Gasteiger partial charge >= 0.3 is 0 Å². The smallest absolute Gasteiger partial charge is 0.193 e. The summed E-state index contributed by atoms with van der Waals surface area (Å²) >= 11 is 3.52. The van der Waals surface area contributed by atoms with Gasteiger partial charge in [-0.25, -0.2) is 0 Å². The molecule has 0 aliphatic carbocycles. The van der Waals surface area contributed by atoms with E-state index >= 15 is 0 Å². The normalized spacial score (nSPS) is 10.4. The third kappa shape index (κ3) is 2.54. The first kappa shape index (κ1) is 13.0. The molecule has 0 amide bonds. The van der Waals surface area contributed by atoms with Gasteiger partial charge in [-0.2, -0.15) is 0 Å². The van der Waals surface area contributed by atoms with E-state index < -0.39 is 0 Å². The Bertz CT molecular complexity index is 591. The number of rotatable bonds is 2. The van der Waals surface area contributed by atoms with Crippen LogP contribution in [-0.4, -0.2) is 5.78 Å². The number of ketones is 1. The average molecular weight is 303 g/mol. The van der Waals surface area contributed by atoms with Crippen LogP contribution in [-0.2, 0) is 0 Å². The number of carbonyl (C=O) groups is 1. The van der Waals surface area contributed by atoms with E-state index in [-0.39, 0.29) is 5.78 Å². The zero-order valence-corrected chi connectivity index (χ0v) is 12.3. The second-order valence-corrected chi connectivity index (χ2v) is 5.42. The Morgan fingerprint density at radius 2 is 1.56 bits per heavy atom. The van der Waals surface area contributed by atoms with Crippen molar-refractivity contribution in [2.24, 2.45) is 0 Å². The predicted octanol–water partition coefficient (Wildman–Crippen LogP) is 4.61. The highest BCUT2D eigenvalue weighted by Crippen LogP contribution is 2.24. The summed E-state index contributed by atoms with van der Waals surface area (Å²) < 4.78 is 1.07. The van der Waals surface area contributed by atoms with Crippen LogP contribution in [0.3, 0.4) is 0 Å². The maximum atomic E-state index is 12.4. The molecule has 2 aromatic rings. The summed E-state index contributed by atoms with van der Waals surface area (Å²) in [4.78, 5) is 12.4. The van der Waals surface area contributed by atoms with Gasteiger partial charge in [0.15, 0.2) is 5.78 Å². The molecule has 0 heterocycles. The molecule has 0 aliphatic heterocycles. The van der Waals surface area contributed by atoms with Crippen LogP contribution in [0.25, 0.3) is 0 Å². The van der Waals surface area contributed by atoms with E-state index in [0.717, 1.165) is 32.3 Å². The number of hydrogen-bond acceptors (Lipinski definition) is 1. The lowest BCUT2D eigenvalue weighted by molar-refractivity contribution is 0.103. The van der Waals surface area contributed by atoms with Gasteiger partial charge in [-0.3, -0.25) is 4.79 Å². The van der Waals surface area contributed by atoms with Crippen molar-refractivity contribution >= 4 is 21.7 Å². The topological polar surface area (TPSA) is 17.1 Å². The van der Waals surface area contributed by atoms with Crippen molar-refractivity contribution in [3.63, 3.8) is 0 Å². The molecule has 0 saturated carbocycles. The third-order valence-electron chi connectivity index (χ3n) is 2.98. The quantitative estimate of drug-likeness (QED) is 0.741. The van der Waals surface area contributed by atoms with Gasteiger partial charge < -0.3 is 0 Å². The second kappa shape index (κ2) is 5.07. The SMILES string of the molecule is Cc1cccc(C(=O)c2cc(C)c(Br)c(C)c2)c1. The number of carbonyl (C=O) groups excluding carboxylic acids is 1. The lowest BCUT2D eigenvalue weighted by atomic mass is 9.98. The summed E-state index contributed by atoms with van der Waals surface area (Å²) in [7, 11) is 0. The molecule has 0 bridgehead atoms. The van der Waals surface area contributed by atoms with Crippen molar-refractivity contribution in [1.29, 1.82) is 0 Å². The molecule has 0 aromatic heterocycles. The molecule has 0 radical (unpaired) electrons. The average Bonchev–Trinajstić information content (AvgIpc) is 2.34. The van der Waals surface area contributed by atoms with E-state index in [1.165, 1.54) is 0 Å². The molecule has 0 N–H and O–H groups in total. The molecule has 0 atom stereocenters.